The Bertz CT molecular complexity index is 825. The van der Waals surface area contributed by atoms with Crippen LogP contribution in [0.25, 0.3) is 0 Å². The lowest BCUT2D eigenvalue weighted by Crippen LogP contribution is -2.57. The first-order valence-corrected chi connectivity index (χ1v) is 11.4. The second-order valence-corrected chi connectivity index (χ2v) is 8.76. The molecule has 3 N–H and O–H groups in total. The van der Waals surface area contributed by atoms with Gasteiger partial charge in [-0.3, -0.25) is 14.7 Å². The van der Waals surface area contributed by atoms with Crippen molar-refractivity contribution < 1.29 is 15.3 Å². The van der Waals surface area contributed by atoms with Crippen LogP contribution in [-0.4, -0.2) is 69.7 Å². The van der Waals surface area contributed by atoms with E-state index in [1.807, 2.05) is 91.0 Å². The third kappa shape index (κ3) is 6.71. The molecule has 0 aliphatic carbocycles. The lowest BCUT2D eigenvalue weighted by Gasteiger charge is -2.44. The molecule has 1 saturated heterocycles. The predicted molar refractivity (Wildman–Crippen MR) is 129 cm³/mol. The summed E-state index contributed by atoms with van der Waals surface area (Å²) in [6.07, 6.45) is -1.82. The first-order valence-electron chi connectivity index (χ1n) is 11.4. The van der Waals surface area contributed by atoms with Gasteiger partial charge in [0.05, 0.1) is 38.3 Å². The highest BCUT2D eigenvalue weighted by Gasteiger charge is 2.28. The van der Waals surface area contributed by atoms with Crippen LogP contribution in [0, 0.1) is 0 Å². The summed E-state index contributed by atoms with van der Waals surface area (Å²) in [5, 5.41) is 32.4. The largest absolute Gasteiger partial charge is 0.387 e. The Labute approximate surface area is 195 Å². The molecule has 0 saturated carbocycles. The fourth-order valence-corrected chi connectivity index (χ4v) is 4.40. The smallest absolute Gasteiger partial charge is 0.0917 e. The van der Waals surface area contributed by atoms with Gasteiger partial charge in [-0.05, 0) is 16.7 Å². The van der Waals surface area contributed by atoms with E-state index >= 15 is 0 Å². The molecule has 1 fully saturated rings. The van der Waals surface area contributed by atoms with Crippen molar-refractivity contribution in [2.24, 2.45) is 0 Å². The maximum atomic E-state index is 10.8. The standard InChI is InChI=1S/C27H33N3O3/c31-25(22-10-4-1-5-11-22)16-28-19-29(17-26(32)23-12-6-2-7-13-23)21-30(20-28)18-27(33)24-14-8-3-9-15-24/h1-15,25-27,31-33H,16-21H2. The molecule has 174 valence electrons. The van der Waals surface area contributed by atoms with Gasteiger partial charge in [-0.15, -0.1) is 0 Å². The number of rotatable bonds is 9. The van der Waals surface area contributed by atoms with E-state index in [0.717, 1.165) is 16.7 Å². The van der Waals surface area contributed by atoms with Crippen LogP contribution >= 0.6 is 0 Å². The highest BCUT2D eigenvalue weighted by atomic mass is 16.3. The first kappa shape index (κ1) is 23.6. The van der Waals surface area contributed by atoms with Gasteiger partial charge in [0.25, 0.3) is 0 Å². The molecule has 0 amide bonds. The molecule has 3 atom stereocenters. The number of benzene rings is 3. The Morgan fingerprint density at radius 2 is 0.697 bits per heavy atom. The van der Waals surface area contributed by atoms with E-state index in [-0.39, 0.29) is 0 Å². The van der Waals surface area contributed by atoms with Gasteiger partial charge >= 0.3 is 0 Å². The molecule has 6 heteroatoms. The Morgan fingerprint density at radius 3 is 0.939 bits per heavy atom. The quantitative estimate of drug-likeness (QED) is 0.469. The zero-order chi connectivity index (χ0) is 23.0. The van der Waals surface area contributed by atoms with E-state index in [9.17, 15) is 15.3 Å². The van der Waals surface area contributed by atoms with Gasteiger partial charge in [0.1, 0.15) is 0 Å². The normalized spacial score (nSPS) is 18.6. The van der Waals surface area contributed by atoms with Crippen molar-refractivity contribution in [3.8, 4) is 0 Å². The van der Waals surface area contributed by atoms with E-state index in [1.54, 1.807) is 0 Å². The fourth-order valence-electron chi connectivity index (χ4n) is 4.40. The molecule has 0 spiro atoms. The maximum Gasteiger partial charge on any atom is 0.0917 e. The number of aliphatic hydroxyl groups is 3. The molecule has 6 nitrogen and oxygen atoms in total. The molecule has 33 heavy (non-hydrogen) atoms. The van der Waals surface area contributed by atoms with Crippen LogP contribution < -0.4 is 0 Å². The summed E-state index contributed by atoms with van der Waals surface area (Å²) in [4.78, 5) is 6.49. The van der Waals surface area contributed by atoms with Crippen LogP contribution in [0.4, 0.5) is 0 Å². The molecule has 3 aromatic rings. The summed E-state index contributed by atoms with van der Waals surface area (Å²) < 4.78 is 0. The monoisotopic (exact) mass is 447 g/mol. The van der Waals surface area contributed by atoms with Crippen LogP contribution in [0.1, 0.15) is 35.0 Å². The van der Waals surface area contributed by atoms with Crippen molar-refractivity contribution in [1.29, 1.82) is 0 Å². The third-order valence-corrected chi connectivity index (χ3v) is 6.05. The van der Waals surface area contributed by atoms with Gasteiger partial charge in [0.2, 0.25) is 0 Å². The summed E-state index contributed by atoms with van der Waals surface area (Å²) in [6, 6.07) is 29.0. The molecule has 1 heterocycles. The molecule has 0 aromatic heterocycles. The average molecular weight is 448 g/mol. The van der Waals surface area contributed by atoms with Gasteiger partial charge < -0.3 is 15.3 Å². The minimum atomic E-state index is -0.605. The Balaban J connectivity index is 1.44. The van der Waals surface area contributed by atoms with E-state index < -0.39 is 18.3 Å². The van der Waals surface area contributed by atoms with Gasteiger partial charge in [-0.25, -0.2) is 0 Å². The summed E-state index contributed by atoms with van der Waals surface area (Å²) in [7, 11) is 0. The number of hydrogen-bond donors (Lipinski definition) is 3. The van der Waals surface area contributed by atoms with Crippen LogP contribution in [-0.2, 0) is 0 Å². The molecule has 0 bridgehead atoms. The van der Waals surface area contributed by atoms with Gasteiger partial charge in [-0.2, -0.15) is 0 Å². The van der Waals surface area contributed by atoms with Crippen LogP contribution in [0.15, 0.2) is 91.0 Å². The minimum absolute atomic E-state index is 0.472. The second kappa shape index (κ2) is 11.5. The van der Waals surface area contributed by atoms with Crippen molar-refractivity contribution in [3.63, 3.8) is 0 Å². The van der Waals surface area contributed by atoms with Crippen molar-refractivity contribution in [2.45, 2.75) is 18.3 Å². The summed E-state index contributed by atoms with van der Waals surface area (Å²) in [6.45, 7) is 3.31. The van der Waals surface area contributed by atoms with Crippen LogP contribution in [0.5, 0.6) is 0 Å². The predicted octanol–water partition coefficient (Wildman–Crippen LogP) is 2.98. The maximum absolute atomic E-state index is 10.8. The lowest BCUT2D eigenvalue weighted by atomic mass is 10.1. The Morgan fingerprint density at radius 1 is 0.455 bits per heavy atom. The van der Waals surface area contributed by atoms with Gasteiger partial charge in [0, 0.05) is 19.6 Å². The molecule has 3 unspecified atom stereocenters. The first-order chi connectivity index (χ1) is 16.1. The summed E-state index contributed by atoms with van der Waals surface area (Å²) in [5.74, 6) is 0. The van der Waals surface area contributed by atoms with Gasteiger partial charge in [-0.1, -0.05) is 91.0 Å². The number of aliphatic hydroxyl groups excluding tert-OH is 3. The summed E-state index contributed by atoms with van der Waals surface area (Å²) in [5.41, 5.74) is 2.65. The third-order valence-electron chi connectivity index (χ3n) is 6.05. The summed E-state index contributed by atoms with van der Waals surface area (Å²) >= 11 is 0. The van der Waals surface area contributed by atoms with E-state index in [1.165, 1.54) is 0 Å². The molecule has 0 radical (unpaired) electrons. The van der Waals surface area contributed by atoms with E-state index in [4.69, 9.17) is 0 Å². The van der Waals surface area contributed by atoms with Gasteiger partial charge in [0.15, 0.2) is 0 Å². The van der Waals surface area contributed by atoms with E-state index in [0.29, 0.717) is 39.6 Å². The topological polar surface area (TPSA) is 70.4 Å². The van der Waals surface area contributed by atoms with Crippen molar-refractivity contribution in [1.82, 2.24) is 14.7 Å². The number of nitrogens with zero attached hydrogens (tertiary/aromatic N) is 3. The fraction of sp³-hybridized carbons (Fsp3) is 0.333. The molecular formula is C27H33N3O3. The molecule has 1 aliphatic heterocycles. The average Bonchev–Trinajstić information content (AvgIpc) is 2.85. The van der Waals surface area contributed by atoms with Crippen LogP contribution in [0.3, 0.4) is 0 Å². The van der Waals surface area contributed by atoms with Crippen molar-refractivity contribution in [2.75, 3.05) is 39.6 Å². The second-order valence-electron chi connectivity index (χ2n) is 8.76. The zero-order valence-electron chi connectivity index (χ0n) is 18.8. The number of hydrogen-bond acceptors (Lipinski definition) is 6. The Hall–Kier alpha value is -2.58. The molecule has 4 rings (SSSR count). The van der Waals surface area contributed by atoms with Crippen molar-refractivity contribution >= 4 is 0 Å². The highest BCUT2D eigenvalue weighted by molar-refractivity contribution is 5.19. The Kier molecular flexibility index (Phi) is 8.23. The minimum Gasteiger partial charge on any atom is -0.387 e. The van der Waals surface area contributed by atoms with Crippen molar-refractivity contribution in [3.05, 3.63) is 108 Å². The zero-order valence-corrected chi connectivity index (χ0v) is 18.8. The molecule has 1 aliphatic rings. The van der Waals surface area contributed by atoms with E-state index in [2.05, 4.69) is 14.7 Å². The number of β-amino-alcohol motifs (C(OH)–C–C–N with tert-alkyl or cyclic N) is 3. The SMILES string of the molecule is OC(CN1CN(CC(O)c2ccccc2)CN(CC(O)c2ccccc2)C1)c1ccccc1. The molecule has 3 aromatic carbocycles. The highest BCUT2D eigenvalue weighted by Crippen LogP contribution is 2.21. The molecular weight excluding hydrogens is 414 g/mol. The van der Waals surface area contributed by atoms with Crippen LogP contribution in [0.2, 0.25) is 0 Å². The lowest BCUT2D eigenvalue weighted by molar-refractivity contribution is -0.0722.